The van der Waals surface area contributed by atoms with Crippen LogP contribution >= 0.6 is 47.2 Å². The zero-order valence-corrected chi connectivity index (χ0v) is 20.0. The molecule has 0 unspecified atom stereocenters. The average Bonchev–Trinajstić information content (AvgIpc) is 3.37. The molecule has 2 aliphatic heterocycles. The van der Waals surface area contributed by atoms with Gasteiger partial charge in [0.2, 0.25) is 0 Å². The minimum absolute atomic E-state index is 0.0309. The van der Waals surface area contributed by atoms with Gasteiger partial charge in [0.15, 0.2) is 5.75 Å². The van der Waals surface area contributed by atoms with Crippen LogP contribution in [0.2, 0.25) is 10.0 Å². The second kappa shape index (κ2) is 10.2. The SMILES string of the molecule is N#Cc1ccccc1COc1c(Cl)cc(/C=C2\SC(=S)N(C[C@@H]3CCCO3)C2=O)cc1Cl. The third-order valence-electron chi connectivity index (χ3n) is 5.11. The fourth-order valence-corrected chi connectivity index (χ4v) is 5.39. The van der Waals surface area contributed by atoms with E-state index in [0.717, 1.165) is 25.0 Å². The number of nitriles is 1. The number of hydrogen-bond acceptors (Lipinski definition) is 6. The molecule has 164 valence electrons. The molecule has 0 aliphatic carbocycles. The van der Waals surface area contributed by atoms with Gasteiger partial charge in [-0.1, -0.05) is 65.4 Å². The van der Waals surface area contributed by atoms with Crippen LogP contribution in [0.15, 0.2) is 41.3 Å². The first-order chi connectivity index (χ1) is 15.5. The monoisotopic (exact) mass is 504 g/mol. The summed E-state index contributed by atoms with van der Waals surface area (Å²) in [7, 11) is 0. The predicted molar refractivity (Wildman–Crippen MR) is 131 cm³/mol. The highest BCUT2D eigenvalue weighted by Crippen LogP contribution is 2.38. The summed E-state index contributed by atoms with van der Waals surface area (Å²) in [6.45, 7) is 1.35. The van der Waals surface area contributed by atoms with Crippen LogP contribution in [-0.2, 0) is 16.1 Å². The summed E-state index contributed by atoms with van der Waals surface area (Å²) in [5.41, 5.74) is 1.94. The molecule has 0 saturated carbocycles. The van der Waals surface area contributed by atoms with E-state index < -0.39 is 0 Å². The van der Waals surface area contributed by atoms with Crippen molar-refractivity contribution in [3.63, 3.8) is 0 Å². The molecule has 2 saturated heterocycles. The van der Waals surface area contributed by atoms with Gasteiger partial charge in [-0.2, -0.15) is 5.26 Å². The number of nitrogens with zero attached hydrogens (tertiary/aromatic N) is 2. The predicted octanol–water partition coefficient (Wildman–Crippen LogP) is 5.82. The Kier molecular flexibility index (Phi) is 7.39. The van der Waals surface area contributed by atoms with Crippen LogP contribution in [0, 0.1) is 11.3 Å². The molecular weight excluding hydrogens is 487 g/mol. The molecule has 9 heteroatoms. The van der Waals surface area contributed by atoms with E-state index in [2.05, 4.69) is 6.07 Å². The highest BCUT2D eigenvalue weighted by molar-refractivity contribution is 8.26. The van der Waals surface area contributed by atoms with Crippen molar-refractivity contribution in [2.75, 3.05) is 13.2 Å². The number of thioether (sulfide) groups is 1. The van der Waals surface area contributed by atoms with Gasteiger partial charge >= 0.3 is 0 Å². The van der Waals surface area contributed by atoms with Gasteiger partial charge in [-0.05, 0) is 42.7 Å². The standard InChI is InChI=1S/C23H18Cl2N2O3S2/c24-18-8-14(9-19(25)21(18)30-13-16-5-2-1-4-15(16)11-26)10-20-22(28)27(23(31)32-20)12-17-6-3-7-29-17/h1-2,4-5,8-10,17H,3,6-7,12-13H2/b20-10-/t17-/m0/s1. The molecule has 0 N–H and O–H groups in total. The third kappa shape index (κ3) is 5.11. The molecule has 2 fully saturated rings. The number of rotatable bonds is 6. The number of thiocarbonyl (C=S) groups is 1. The van der Waals surface area contributed by atoms with Crippen molar-refractivity contribution < 1.29 is 14.3 Å². The normalized spacial score (nSPS) is 19.6. The topological polar surface area (TPSA) is 62.6 Å². The van der Waals surface area contributed by atoms with Crippen LogP contribution < -0.4 is 4.74 Å². The third-order valence-corrected chi connectivity index (χ3v) is 7.05. The fourth-order valence-electron chi connectivity index (χ4n) is 3.51. The lowest BCUT2D eigenvalue weighted by molar-refractivity contribution is -0.123. The minimum Gasteiger partial charge on any atom is -0.486 e. The molecule has 2 aromatic carbocycles. The van der Waals surface area contributed by atoms with Gasteiger partial charge in [0.05, 0.1) is 39.2 Å². The number of carbonyl (C=O) groups excluding carboxylic acids is 1. The van der Waals surface area contributed by atoms with E-state index in [9.17, 15) is 10.1 Å². The molecule has 4 rings (SSSR count). The second-order valence-electron chi connectivity index (χ2n) is 7.30. The molecule has 2 aliphatic rings. The summed E-state index contributed by atoms with van der Waals surface area (Å²) in [6, 6.07) is 12.7. The fraction of sp³-hybridized carbons (Fsp3) is 0.261. The highest BCUT2D eigenvalue weighted by Gasteiger charge is 2.34. The van der Waals surface area contributed by atoms with Crippen molar-refractivity contribution in [2.24, 2.45) is 0 Å². The average molecular weight is 505 g/mol. The van der Waals surface area contributed by atoms with Crippen LogP contribution in [0.4, 0.5) is 0 Å². The second-order valence-corrected chi connectivity index (χ2v) is 9.79. The summed E-state index contributed by atoms with van der Waals surface area (Å²) < 4.78 is 11.9. The smallest absolute Gasteiger partial charge is 0.266 e. The van der Waals surface area contributed by atoms with E-state index in [0.29, 0.717) is 42.7 Å². The first kappa shape index (κ1) is 23.1. The quantitative estimate of drug-likeness (QED) is 0.364. The Balaban J connectivity index is 1.49. The maximum atomic E-state index is 12.8. The van der Waals surface area contributed by atoms with Gasteiger partial charge < -0.3 is 9.47 Å². The first-order valence-electron chi connectivity index (χ1n) is 9.93. The first-order valence-corrected chi connectivity index (χ1v) is 11.9. The minimum atomic E-state index is -0.142. The van der Waals surface area contributed by atoms with E-state index >= 15 is 0 Å². The molecule has 1 amide bonds. The molecule has 5 nitrogen and oxygen atoms in total. The molecule has 32 heavy (non-hydrogen) atoms. The van der Waals surface area contributed by atoms with Crippen LogP contribution in [-0.4, -0.2) is 34.4 Å². The van der Waals surface area contributed by atoms with Crippen molar-refractivity contribution in [1.82, 2.24) is 4.90 Å². The lowest BCUT2D eigenvalue weighted by atomic mass is 10.1. The van der Waals surface area contributed by atoms with E-state index in [4.69, 9.17) is 44.9 Å². The van der Waals surface area contributed by atoms with Crippen LogP contribution in [0.5, 0.6) is 5.75 Å². The molecular formula is C23H18Cl2N2O3S2. The number of ether oxygens (including phenoxy) is 2. The van der Waals surface area contributed by atoms with Crippen molar-refractivity contribution in [3.05, 3.63) is 68.0 Å². The van der Waals surface area contributed by atoms with Gasteiger partial charge in [0.1, 0.15) is 10.9 Å². The number of halogens is 2. The van der Waals surface area contributed by atoms with Gasteiger partial charge in [-0.15, -0.1) is 0 Å². The summed E-state index contributed by atoms with van der Waals surface area (Å²) in [6.07, 6.45) is 3.69. The summed E-state index contributed by atoms with van der Waals surface area (Å²) in [5.74, 6) is 0.181. The van der Waals surface area contributed by atoms with Gasteiger partial charge in [0.25, 0.3) is 5.91 Å². The van der Waals surface area contributed by atoms with Crippen LogP contribution in [0.25, 0.3) is 6.08 Å². The van der Waals surface area contributed by atoms with Crippen molar-refractivity contribution in [3.8, 4) is 11.8 Å². The van der Waals surface area contributed by atoms with Crippen LogP contribution in [0.3, 0.4) is 0 Å². The van der Waals surface area contributed by atoms with E-state index in [-0.39, 0.29) is 18.6 Å². The molecule has 1 atom stereocenters. The lowest BCUT2D eigenvalue weighted by Crippen LogP contribution is -2.35. The number of hydrogen-bond donors (Lipinski definition) is 0. The Morgan fingerprint density at radius 1 is 1.31 bits per heavy atom. The van der Waals surface area contributed by atoms with Gasteiger partial charge in [0, 0.05) is 12.2 Å². The highest BCUT2D eigenvalue weighted by atomic mass is 35.5. The number of benzene rings is 2. The Labute approximate surface area is 205 Å². The van der Waals surface area contributed by atoms with E-state index in [1.807, 2.05) is 12.1 Å². The maximum Gasteiger partial charge on any atom is 0.266 e. The largest absolute Gasteiger partial charge is 0.486 e. The van der Waals surface area contributed by atoms with Crippen molar-refractivity contribution in [2.45, 2.75) is 25.6 Å². The Morgan fingerprint density at radius 3 is 2.75 bits per heavy atom. The molecule has 2 heterocycles. The lowest BCUT2D eigenvalue weighted by Gasteiger charge is -2.18. The zero-order valence-electron chi connectivity index (χ0n) is 16.8. The van der Waals surface area contributed by atoms with Crippen molar-refractivity contribution in [1.29, 1.82) is 5.26 Å². The molecule has 0 aromatic heterocycles. The number of carbonyl (C=O) groups is 1. The Hall–Kier alpha value is -2.08. The summed E-state index contributed by atoms with van der Waals surface area (Å²) >= 11 is 19.5. The molecule has 2 aromatic rings. The summed E-state index contributed by atoms with van der Waals surface area (Å²) in [5, 5.41) is 9.85. The van der Waals surface area contributed by atoms with Gasteiger partial charge in [-0.3, -0.25) is 9.69 Å². The maximum absolute atomic E-state index is 12.8. The number of amides is 1. The van der Waals surface area contributed by atoms with E-state index in [1.165, 1.54) is 11.8 Å². The zero-order chi connectivity index (χ0) is 22.7. The van der Waals surface area contributed by atoms with Crippen molar-refractivity contribution >= 4 is 63.5 Å². The molecule has 0 spiro atoms. The Morgan fingerprint density at radius 2 is 2.06 bits per heavy atom. The van der Waals surface area contributed by atoms with Gasteiger partial charge in [-0.25, -0.2) is 0 Å². The summed E-state index contributed by atoms with van der Waals surface area (Å²) in [4.78, 5) is 14.9. The molecule has 0 bridgehead atoms. The Bertz CT molecular complexity index is 1120. The van der Waals surface area contributed by atoms with E-state index in [1.54, 1.807) is 35.2 Å². The molecule has 0 radical (unpaired) electrons. The van der Waals surface area contributed by atoms with Crippen LogP contribution in [0.1, 0.15) is 29.5 Å².